The van der Waals surface area contributed by atoms with Crippen molar-refractivity contribution in [1.82, 2.24) is 9.97 Å². The number of rotatable bonds is 6. The lowest BCUT2D eigenvalue weighted by Gasteiger charge is -2.09. The lowest BCUT2D eigenvalue weighted by Crippen LogP contribution is -2.10. The normalized spacial score (nSPS) is 10.2. The molecule has 100 valence electrons. The Morgan fingerprint density at radius 2 is 2.00 bits per heavy atom. The maximum absolute atomic E-state index is 5.47. The minimum Gasteiger partial charge on any atom is -0.369 e. The van der Waals surface area contributed by atoms with Crippen molar-refractivity contribution in [2.75, 3.05) is 23.7 Å². The Morgan fingerprint density at radius 3 is 2.74 bits per heavy atom. The largest absolute Gasteiger partial charge is 0.369 e. The van der Waals surface area contributed by atoms with Crippen LogP contribution in [0.2, 0.25) is 0 Å². The monoisotopic (exact) mass is 321 g/mol. The maximum Gasteiger partial charge on any atom is 0.229 e. The van der Waals surface area contributed by atoms with E-state index in [4.69, 9.17) is 5.73 Å². The fraction of sp³-hybridized carbons (Fsp3) is 0.231. The first kappa shape index (κ1) is 13.8. The number of nitrogens with two attached hydrogens (primary N) is 1. The van der Waals surface area contributed by atoms with Gasteiger partial charge in [0.1, 0.15) is 5.82 Å². The number of nitrogens with zero attached hydrogens (tertiary/aromatic N) is 2. The number of benzene rings is 1. The molecule has 19 heavy (non-hydrogen) atoms. The van der Waals surface area contributed by atoms with Crippen LogP contribution in [0.5, 0.6) is 0 Å². The first-order chi connectivity index (χ1) is 9.29. The highest BCUT2D eigenvalue weighted by Gasteiger charge is 2.04. The van der Waals surface area contributed by atoms with Crippen LogP contribution in [0, 0.1) is 0 Å². The zero-order valence-electron chi connectivity index (χ0n) is 10.4. The SMILES string of the molecule is NCCCNc1nc(Nc2ccccc2)ncc1Br. The summed E-state index contributed by atoms with van der Waals surface area (Å²) in [4.78, 5) is 8.65. The van der Waals surface area contributed by atoms with Gasteiger partial charge in [0.25, 0.3) is 0 Å². The number of halogens is 1. The number of aromatic nitrogens is 2. The molecule has 0 amide bonds. The highest BCUT2D eigenvalue weighted by molar-refractivity contribution is 9.10. The molecule has 0 bridgehead atoms. The average molecular weight is 322 g/mol. The second-order valence-electron chi connectivity index (χ2n) is 3.95. The predicted octanol–water partition coefficient (Wildman–Crippen LogP) is 2.74. The molecule has 0 aliphatic rings. The Hall–Kier alpha value is -1.66. The lowest BCUT2D eigenvalue weighted by molar-refractivity contribution is 0.868. The fourth-order valence-electron chi connectivity index (χ4n) is 1.51. The molecule has 1 heterocycles. The van der Waals surface area contributed by atoms with Crippen LogP contribution in [0.4, 0.5) is 17.5 Å². The Kier molecular flexibility index (Phi) is 5.11. The van der Waals surface area contributed by atoms with Gasteiger partial charge in [-0.1, -0.05) is 18.2 Å². The van der Waals surface area contributed by atoms with Gasteiger partial charge in [0, 0.05) is 18.4 Å². The molecule has 6 heteroatoms. The molecule has 1 aromatic carbocycles. The molecule has 2 aromatic rings. The molecular formula is C13H16BrN5. The van der Waals surface area contributed by atoms with Gasteiger partial charge in [0.15, 0.2) is 0 Å². The highest BCUT2D eigenvalue weighted by Crippen LogP contribution is 2.21. The topological polar surface area (TPSA) is 75.9 Å². The van der Waals surface area contributed by atoms with E-state index in [0.717, 1.165) is 28.9 Å². The first-order valence-electron chi connectivity index (χ1n) is 6.08. The minimum absolute atomic E-state index is 0.560. The second kappa shape index (κ2) is 7.06. The molecule has 0 fully saturated rings. The minimum atomic E-state index is 0.560. The van der Waals surface area contributed by atoms with Crippen LogP contribution < -0.4 is 16.4 Å². The third-order valence-corrected chi connectivity index (χ3v) is 3.03. The van der Waals surface area contributed by atoms with E-state index >= 15 is 0 Å². The summed E-state index contributed by atoms with van der Waals surface area (Å²) in [6, 6.07) is 9.82. The molecule has 0 unspecified atom stereocenters. The Bertz CT molecular complexity index is 518. The van der Waals surface area contributed by atoms with Gasteiger partial charge in [-0.3, -0.25) is 0 Å². The molecule has 0 radical (unpaired) electrons. The molecular weight excluding hydrogens is 306 g/mol. The van der Waals surface area contributed by atoms with Crippen molar-refractivity contribution in [2.24, 2.45) is 5.73 Å². The number of hydrogen-bond donors (Lipinski definition) is 3. The van der Waals surface area contributed by atoms with Crippen molar-refractivity contribution in [3.05, 3.63) is 41.0 Å². The number of nitrogens with one attached hydrogen (secondary N) is 2. The molecule has 0 saturated heterocycles. The number of anilines is 3. The average Bonchev–Trinajstić information content (AvgIpc) is 2.44. The Morgan fingerprint density at radius 1 is 1.21 bits per heavy atom. The predicted molar refractivity (Wildman–Crippen MR) is 81.6 cm³/mol. The molecule has 0 spiro atoms. The van der Waals surface area contributed by atoms with Gasteiger partial charge in [-0.05, 0) is 41.0 Å². The van der Waals surface area contributed by atoms with Crippen LogP contribution in [0.1, 0.15) is 6.42 Å². The molecule has 0 atom stereocenters. The van der Waals surface area contributed by atoms with E-state index in [-0.39, 0.29) is 0 Å². The van der Waals surface area contributed by atoms with Crippen LogP contribution in [-0.2, 0) is 0 Å². The van der Waals surface area contributed by atoms with Gasteiger partial charge in [-0.15, -0.1) is 0 Å². The molecule has 0 aliphatic heterocycles. The van der Waals surface area contributed by atoms with Crippen molar-refractivity contribution in [3.63, 3.8) is 0 Å². The summed E-state index contributed by atoms with van der Waals surface area (Å²) in [5, 5.41) is 6.38. The van der Waals surface area contributed by atoms with E-state index in [1.165, 1.54) is 0 Å². The summed E-state index contributed by atoms with van der Waals surface area (Å²) in [5.41, 5.74) is 6.42. The van der Waals surface area contributed by atoms with Crippen LogP contribution >= 0.6 is 15.9 Å². The van der Waals surface area contributed by atoms with E-state index in [9.17, 15) is 0 Å². The molecule has 5 nitrogen and oxygen atoms in total. The van der Waals surface area contributed by atoms with E-state index in [1.807, 2.05) is 30.3 Å². The third-order valence-electron chi connectivity index (χ3n) is 2.45. The van der Waals surface area contributed by atoms with E-state index in [0.29, 0.717) is 12.5 Å². The molecule has 4 N–H and O–H groups in total. The van der Waals surface area contributed by atoms with Crippen LogP contribution in [0.25, 0.3) is 0 Å². The van der Waals surface area contributed by atoms with Gasteiger partial charge in [-0.2, -0.15) is 4.98 Å². The zero-order chi connectivity index (χ0) is 13.5. The van der Waals surface area contributed by atoms with Crippen molar-refractivity contribution < 1.29 is 0 Å². The Labute approximate surface area is 120 Å². The van der Waals surface area contributed by atoms with Crippen molar-refractivity contribution in [1.29, 1.82) is 0 Å². The lowest BCUT2D eigenvalue weighted by atomic mass is 10.3. The van der Waals surface area contributed by atoms with Crippen molar-refractivity contribution in [3.8, 4) is 0 Å². The van der Waals surface area contributed by atoms with Crippen molar-refractivity contribution in [2.45, 2.75) is 6.42 Å². The first-order valence-corrected chi connectivity index (χ1v) is 6.87. The van der Waals surface area contributed by atoms with Gasteiger partial charge in [0.05, 0.1) is 4.47 Å². The summed E-state index contributed by atoms with van der Waals surface area (Å²) >= 11 is 3.42. The summed E-state index contributed by atoms with van der Waals surface area (Å²) in [6.07, 6.45) is 2.63. The molecule has 0 saturated carbocycles. The van der Waals surface area contributed by atoms with Gasteiger partial charge >= 0.3 is 0 Å². The second-order valence-corrected chi connectivity index (χ2v) is 4.80. The van der Waals surface area contributed by atoms with Gasteiger partial charge in [0.2, 0.25) is 5.95 Å². The summed E-state index contributed by atoms with van der Waals surface area (Å²) in [5.74, 6) is 1.33. The third kappa shape index (κ3) is 4.18. The fourth-order valence-corrected chi connectivity index (χ4v) is 1.84. The summed E-state index contributed by atoms with van der Waals surface area (Å²) in [6.45, 7) is 1.45. The smallest absolute Gasteiger partial charge is 0.229 e. The van der Waals surface area contributed by atoms with Crippen LogP contribution in [0.15, 0.2) is 41.0 Å². The van der Waals surface area contributed by atoms with Crippen LogP contribution in [0.3, 0.4) is 0 Å². The maximum atomic E-state index is 5.47. The zero-order valence-corrected chi connectivity index (χ0v) is 12.0. The van der Waals surface area contributed by atoms with E-state index in [1.54, 1.807) is 6.20 Å². The molecule has 0 aliphatic carbocycles. The quantitative estimate of drug-likeness (QED) is 0.713. The van der Waals surface area contributed by atoms with Gasteiger partial charge < -0.3 is 16.4 Å². The Balaban J connectivity index is 2.07. The number of para-hydroxylation sites is 1. The van der Waals surface area contributed by atoms with E-state index < -0.39 is 0 Å². The summed E-state index contributed by atoms with van der Waals surface area (Å²) in [7, 11) is 0. The van der Waals surface area contributed by atoms with Crippen molar-refractivity contribution >= 4 is 33.4 Å². The van der Waals surface area contributed by atoms with Crippen LogP contribution in [-0.4, -0.2) is 23.1 Å². The van der Waals surface area contributed by atoms with Gasteiger partial charge in [-0.25, -0.2) is 4.98 Å². The molecule has 2 rings (SSSR count). The molecule has 1 aromatic heterocycles. The van der Waals surface area contributed by atoms with E-state index in [2.05, 4.69) is 36.5 Å². The highest BCUT2D eigenvalue weighted by atomic mass is 79.9. The summed E-state index contributed by atoms with van der Waals surface area (Å²) < 4.78 is 0.836. The standard InChI is InChI=1S/C13H16BrN5/c14-11-9-17-13(18-10-5-2-1-3-6-10)19-12(11)16-8-4-7-15/h1-3,5-6,9H,4,7-8,15H2,(H2,16,17,18,19). The number of hydrogen-bond acceptors (Lipinski definition) is 5.